The van der Waals surface area contributed by atoms with Gasteiger partial charge in [0, 0.05) is 0 Å². The Labute approximate surface area is 101 Å². The topological polar surface area (TPSA) is 14.1 Å². The molecule has 0 aromatic heterocycles. The standard InChI is InChI=1S/C11H20NSi.Li/c1-11(8-6-5-7-9-11)10-12-13(2,3)4;/h5-8H,9-10H2,1-4H3;/q-1;+1. The van der Waals surface area contributed by atoms with Crippen molar-refractivity contribution >= 4 is 8.24 Å². The predicted octanol–water partition coefficient (Wildman–Crippen LogP) is 0.721. The van der Waals surface area contributed by atoms with Gasteiger partial charge in [0.25, 0.3) is 0 Å². The van der Waals surface area contributed by atoms with Crippen molar-refractivity contribution in [3.8, 4) is 0 Å². The Morgan fingerprint density at radius 2 is 1.93 bits per heavy atom. The van der Waals surface area contributed by atoms with Crippen LogP contribution in [0.25, 0.3) is 4.98 Å². The van der Waals surface area contributed by atoms with E-state index in [9.17, 15) is 0 Å². The van der Waals surface area contributed by atoms with Crippen LogP contribution in [-0.4, -0.2) is 14.8 Å². The molecular weight excluding hydrogens is 181 g/mol. The quantitative estimate of drug-likeness (QED) is 0.598. The first kappa shape index (κ1) is 14.3. The van der Waals surface area contributed by atoms with E-state index >= 15 is 0 Å². The Bertz CT molecular complexity index is 230. The first-order valence-electron chi connectivity index (χ1n) is 4.94. The van der Waals surface area contributed by atoms with Gasteiger partial charge in [0.2, 0.25) is 0 Å². The van der Waals surface area contributed by atoms with E-state index in [-0.39, 0.29) is 24.3 Å². The molecule has 0 aromatic carbocycles. The van der Waals surface area contributed by atoms with Gasteiger partial charge in [0.15, 0.2) is 0 Å². The average molecular weight is 201 g/mol. The molecule has 1 aliphatic rings. The molecule has 0 aliphatic heterocycles. The van der Waals surface area contributed by atoms with Crippen LogP contribution in [0.1, 0.15) is 13.3 Å². The molecule has 0 heterocycles. The molecule has 0 N–H and O–H groups in total. The van der Waals surface area contributed by atoms with Crippen LogP contribution in [0.3, 0.4) is 0 Å². The first-order chi connectivity index (χ1) is 5.91. The van der Waals surface area contributed by atoms with Crippen LogP contribution in [0.5, 0.6) is 0 Å². The number of allylic oxidation sites excluding steroid dienone is 3. The van der Waals surface area contributed by atoms with Crippen LogP contribution >= 0.6 is 0 Å². The zero-order chi connectivity index (χ0) is 9.95. The summed E-state index contributed by atoms with van der Waals surface area (Å²) in [6, 6.07) is 0. The van der Waals surface area contributed by atoms with Gasteiger partial charge < -0.3 is 4.98 Å². The van der Waals surface area contributed by atoms with Crippen molar-refractivity contribution < 1.29 is 18.9 Å². The SMILES string of the molecule is CC1(C[N-][Si](C)(C)C)C=CC=CC1.[Li+]. The van der Waals surface area contributed by atoms with E-state index in [4.69, 9.17) is 4.98 Å². The first-order valence-corrected chi connectivity index (χ1v) is 8.39. The van der Waals surface area contributed by atoms with Crippen LogP contribution in [0, 0.1) is 5.41 Å². The van der Waals surface area contributed by atoms with E-state index in [0.717, 1.165) is 13.0 Å². The Kier molecular flexibility index (Phi) is 5.47. The molecule has 0 saturated heterocycles. The fourth-order valence-corrected chi connectivity index (χ4v) is 2.14. The second-order valence-electron chi connectivity index (χ2n) is 5.13. The molecular formula is C11H20LiNSi. The van der Waals surface area contributed by atoms with Gasteiger partial charge in [-0.1, -0.05) is 59.1 Å². The Morgan fingerprint density at radius 3 is 2.36 bits per heavy atom. The summed E-state index contributed by atoms with van der Waals surface area (Å²) in [7, 11) is -1.22. The number of hydrogen-bond acceptors (Lipinski definition) is 0. The van der Waals surface area contributed by atoms with Crippen molar-refractivity contribution in [1.82, 2.24) is 0 Å². The van der Waals surface area contributed by atoms with Crippen molar-refractivity contribution in [2.45, 2.75) is 33.0 Å². The number of rotatable bonds is 3. The van der Waals surface area contributed by atoms with E-state index in [0.29, 0.717) is 0 Å². The van der Waals surface area contributed by atoms with Crippen molar-refractivity contribution in [2.24, 2.45) is 5.41 Å². The van der Waals surface area contributed by atoms with Crippen molar-refractivity contribution in [1.29, 1.82) is 0 Å². The molecule has 0 fully saturated rings. The molecule has 1 aliphatic carbocycles. The van der Waals surface area contributed by atoms with Gasteiger partial charge in [-0.2, -0.15) is 0 Å². The van der Waals surface area contributed by atoms with Crippen molar-refractivity contribution in [3.05, 3.63) is 29.3 Å². The molecule has 0 radical (unpaired) electrons. The third kappa shape index (κ3) is 5.21. The van der Waals surface area contributed by atoms with E-state index in [1.165, 1.54) is 0 Å². The second-order valence-corrected chi connectivity index (χ2v) is 9.79. The molecule has 1 atom stereocenters. The fraction of sp³-hybridized carbons (Fsp3) is 0.636. The van der Waals surface area contributed by atoms with Gasteiger partial charge in [-0.3, -0.25) is 0 Å². The van der Waals surface area contributed by atoms with Gasteiger partial charge in [-0.15, -0.1) is 6.54 Å². The molecule has 0 amide bonds. The summed E-state index contributed by atoms with van der Waals surface area (Å²) in [5.41, 5.74) is 0.287. The van der Waals surface area contributed by atoms with Gasteiger partial charge in [-0.25, -0.2) is 0 Å². The molecule has 0 saturated carbocycles. The number of nitrogens with zero attached hydrogens (tertiary/aromatic N) is 1. The minimum Gasteiger partial charge on any atom is -0.664 e. The molecule has 0 spiro atoms. The number of hydrogen-bond donors (Lipinski definition) is 0. The minimum atomic E-state index is -1.22. The summed E-state index contributed by atoms with van der Waals surface area (Å²) in [6.07, 6.45) is 9.92. The maximum Gasteiger partial charge on any atom is 1.00 e. The molecule has 1 rings (SSSR count). The Balaban J connectivity index is 0.00000169. The van der Waals surface area contributed by atoms with Gasteiger partial charge in [-0.05, 0) is 11.8 Å². The predicted molar refractivity (Wildman–Crippen MR) is 62.6 cm³/mol. The normalized spacial score (nSPS) is 26.0. The van der Waals surface area contributed by atoms with Gasteiger partial charge in [0.1, 0.15) is 0 Å². The fourth-order valence-electron chi connectivity index (χ4n) is 1.31. The van der Waals surface area contributed by atoms with Gasteiger partial charge >= 0.3 is 18.9 Å². The monoisotopic (exact) mass is 201 g/mol. The summed E-state index contributed by atoms with van der Waals surface area (Å²) < 4.78 is 0. The maximum atomic E-state index is 4.81. The molecule has 3 heteroatoms. The van der Waals surface area contributed by atoms with Crippen molar-refractivity contribution in [3.63, 3.8) is 0 Å². The minimum absolute atomic E-state index is 0. The van der Waals surface area contributed by atoms with E-state index in [2.05, 4.69) is 50.9 Å². The average Bonchev–Trinajstić information content (AvgIpc) is 2.02. The van der Waals surface area contributed by atoms with Crippen LogP contribution in [0.2, 0.25) is 19.6 Å². The Hall–Kier alpha value is 0.254. The molecule has 74 valence electrons. The summed E-state index contributed by atoms with van der Waals surface area (Å²) in [6.45, 7) is 10.1. The van der Waals surface area contributed by atoms with E-state index in [1.54, 1.807) is 0 Å². The zero-order valence-electron chi connectivity index (χ0n) is 10.2. The Morgan fingerprint density at radius 1 is 1.29 bits per heavy atom. The smallest absolute Gasteiger partial charge is 0.664 e. The summed E-state index contributed by atoms with van der Waals surface area (Å²) in [5.74, 6) is 0. The summed E-state index contributed by atoms with van der Waals surface area (Å²) >= 11 is 0. The van der Waals surface area contributed by atoms with Crippen LogP contribution in [0.15, 0.2) is 24.3 Å². The van der Waals surface area contributed by atoms with Crippen LogP contribution < -0.4 is 18.9 Å². The zero-order valence-corrected chi connectivity index (χ0v) is 11.2. The van der Waals surface area contributed by atoms with Crippen LogP contribution in [-0.2, 0) is 0 Å². The largest absolute Gasteiger partial charge is 1.00 e. The third-order valence-electron chi connectivity index (χ3n) is 2.24. The maximum absolute atomic E-state index is 4.81. The second kappa shape index (κ2) is 5.37. The molecule has 1 nitrogen and oxygen atoms in total. The summed E-state index contributed by atoms with van der Waals surface area (Å²) in [4.78, 5) is 4.81. The van der Waals surface area contributed by atoms with Crippen LogP contribution in [0.4, 0.5) is 0 Å². The molecule has 0 bridgehead atoms. The summed E-state index contributed by atoms with van der Waals surface area (Å²) in [5, 5.41) is 0. The third-order valence-corrected chi connectivity index (χ3v) is 3.35. The van der Waals surface area contributed by atoms with Gasteiger partial charge in [0.05, 0.1) is 0 Å². The van der Waals surface area contributed by atoms with Crippen molar-refractivity contribution in [2.75, 3.05) is 6.54 Å². The molecule has 0 aromatic rings. The van der Waals surface area contributed by atoms with E-state index < -0.39 is 8.24 Å². The van der Waals surface area contributed by atoms with E-state index in [1.807, 2.05) is 0 Å². The molecule has 1 unspecified atom stereocenters. The molecule has 14 heavy (non-hydrogen) atoms.